The maximum absolute atomic E-state index is 11.9. The average Bonchev–Trinajstić information content (AvgIpc) is 2.47. The van der Waals surface area contributed by atoms with Crippen LogP contribution in [0.2, 0.25) is 0 Å². The highest BCUT2D eigenvalue weighted by Gasteiger charge is 2.16. The van der Waals surface area contributed by atoms with Crippen LogP contribution in [0.25, 0.3) is 0 Å². The largest absolute Gasteiger partial charge is 0.495 e. The van der Waals surface area contributed by atoms with Gasteiger partial charge in [0.15, 0.2) is 6.61 Å². The lowest BCUT2D eigenvalue weighted by Gasteiger charge is -2.22. The molecule has 1 aliphatic rings. The third-order valence-electron chi connectivity index (χ3n) is 3.48. The number of benzene rings is 1. The highest BCUT2D eigenvalue weighted by Crippen LogP contribution is 2.33. The molecule has 0 unspecified atom stereocenters. The zero-order valence-corrected chi connectivity index (χ0v) is 13.2. The minimum absolute atomic E-state index is 0.0300. The molecule has 0 heterocycles. The van der Waals surface area contributed by atoms with Gasteiger partial charge in [0.1, 0.15) is 16.0 Å². The summed E-state index contributed by atoms with van der Waals surface area (Å²) in [6.07, 6.45) is 5.84. The SMILES string of the molecule is COc1cccc(OCC(=O)NC2CCCCC2)c1Br. The minimum Gasteiger partial charge on any atom is -0.495 e. The summed E-state index contributed by atoms with van der Waals surface area (Å²) < 4.78 is 11.5. The summed E-state index contributed by atoms with van der Waals surface area (Å²) in [7, 11) is 1.60. The predicted molar refractivity (Wildman–Crippen MR) is 81.2 cm³/mol. The van der Waals surface area contributed by atoms with Crippen molar-refractivity contribution >= 4 is 21.8 Å². The van der Waals surface area contributed by atoms with Crippen LogP contribution >= 0.6 is 15.9 Å². The van der Waals surface area contributed by atoms with Crippen LogP contribution in [0.15, 0.2) is 22.7 Å². The van der Waals surface area contributed by atoms with Crippen LogP contribution in [-0.2, 0) is 4.79 Å². The number of halogens is 1. The van der Waals surface area contributed by atoms with Crippen LogP contribution in [0.4, 0.5) is 0 Å². The van der Waals surface area contributed by atoms with E-state index < -0.39 is 0 Å². The van der Waals surface area contributed by atoms with E-state index in [1.54, 1.807) is 13.2 Å². The van der Waals surface area contributed by atoms with Crippen molar-refractivity contribution in [1.82, 2.24) is 5.32 Å². The van der Waals surface area contributed by atoms with Crippen LogP contribution < -0.4 is 14.8 Å². The summed E-state index contributed by atoms with van der Waals surface area (Å²) in [4.78, 5) is 11.9. The van der Waals surface area contributed by atoms with Crippen LogP contribution in [-0.4, -0.2) is 25.7 Å². The molecule has 0 aliphatic heterocycles. The molecule has 1 aromatic carbocycles. The van der Waals surface area contributed by atoms with E-state index in [9.17, 15) is 4.79 Å². The van der Waals surface area contributed by atoms with Crippen molar-refractivity contribution in [1.29, 1.82) is 0 Å². The molecule has 5 heteroatoms. The Bertz CT molecular complexity index is 458. The van der Waals surface area contributed by atoms with Crippen molar-refractivity contribution in [3.8, 4) is 11.5 Å². The molecule has 0 bridgehead atoms. The Hall–Kier alpha value is -1.23. The number of carbonyl (C=O) groups is 1. The Labute approximate surface area is 128 Å². The molecule has 0 radical (unpaired) electrons. The lowest BCUT2D eigenvalue weighted by atomic mass is 9.95. The highest BCUT2D eigenvalue weighted by atomic mass is 79.9. The molecule has 1 aliphatic carbocycles. The van der Waals surface area contributed by atoms with E-state index in [0.29, 0.717) is 17.5 Å². The zero-order valence-electron chi connectivity index (χ0n) is 11.7. The summed E-state index contributed by atoms with van der Waals surface area (Å²) in [5.41, 5.74) is 0. The number of amides is 1. The molecular formula is C15H20BrNO3. The van der Waals surface area contributed by atoms with Gasteiger partial charge in [0.2, 0.25) is 0 Å². The van der Waals surface area contributed by atoms with Crippen LogP contribution in [0, 0.1) is 0 Å². The van der Waals surface area contributed by atoms with E-state index in [2.05, 4.69) is 21.2 Å². The molecule has 110 valence electrons. The molecule has 1 aromatic rings. The normalized spacial score (nSPS) is 15.7. The molecule has 1 amide bonds. The van der Waals surface area contributed by atoms with E-state index in [1.807, 2.05) is 12.1 Å². The topological polar surface area (TPSA) is 47.6 Å². The van der Waals surface area contributed by atoms with Crippen molar-refractivity contribution in [3.63, 3.8) is 0 Å². The monoisotopic (exact) mass is 341 g/mol. The van der Waals surface area contributed by atoms with Crippen LogP contribution in [0.5, 0.6) is 11.5 Å². The van der Waals surface area contributed by atoms with E-state index in [0.717, 1.165) is 17.3 Å². The summed E-state index contributed by atoms with van der Waals surface area (Å²) in [6, 6.07) is 5.78. The van der Waals surface area contributed by atoms with E-state index in [-0.39, 0.29) is 12.5 Å². The van der Waals surface area contributed by atoms with Crippen molar-refractivity contribution in [2.75, 3.05) is 13.7 Å². The quantitative estimate of drug-likeness (QED) is 0.893. The lowest BCUT2D eigenvalue weighted by molar-refractivity contribution is -0.124. The summed E-state index contributed by atoms with van der Waals surface area (Å²) >= 11 is 3.41. The number of ether oxygens (including phenoxy) is 2. The first kappa shape index (κ1) is 15.2. The molecule has 0 aromatic heterocycles. The zero-order chi connectivity index (χ0) is 14.4. The van der Waals surface area contributed by atoms with Gasteiger partial charge in [-0.15, -0.1) is 0 Å². The molecule has 0 spiro atoms. The first-order valence-electron chi connectivity index (χ1n) is 6.95. The van der Waals surface area contributed by atoms with Gasteiger partial charge in [-0.25, -0.2) is 0 Å². The first-order chi connectivity index (χ1) is 9.70. The van der Waals surface area contributed by atoms with E-state index in [1.165, 1.54) is 19.3 Å². The third kappa shape index (κ3) is 4.13. The van der Waals surface area contributed by atoms with Gasteiger partial charge in [-0.3, -0.25) is 4.79 Å². The highest BCUT2D eigenvalue weighted by molar-refractivity contribution is 9.10. The molecule has 0 saturated heterocycles. The fourth-order valence-electron chi connectivity index (χ4n) is 2.42. The number of carbonyl (C=O) groups excluding carboxylic acids is 1. The van der Waals surface area contributed by atoms with Gasteiger partial charge in [-0.1, -0.05) is 25.3 Å². The maximum atomic E-state index is 11.9. The summed E-state index contributed by atoms with van der Waals surface area (Å²) in [6.45, 7) is 0.0300. The summed E-state index contributed by atoms with van der Waals surface area (Å²) in [5.74, 6) is 1.24. The Morgan fingerprint density at radius 1 is 1.30 bits per heavy atom. The van der Waals surface area contributed by atoms with Crippen LogP contribution in [0.3, 0.4) is 0 Å². The van der Waals surface area contributed by atoms with Gasteiger partial charge in [-0.2, -0.15) is 0 Å². The van der Waals surface area contributed by atoms with Gasteiger partial charge in [-0.05, 0) is 40.9 Å². The minimum atomic E-state index is -0.0633. The Morgan fingerprint density at radius 2 is 2.00 bits per heavy atom. The second-order valence-electron chi connectivity index (χ2n) is 4.96. The lowest BCUT2D eigenvalue weighted by Crippen LogP contribution is -2.39. The van der Waals surface area contributed by atoms with E-state index >= 15 is 0 Å². The maximum Gasteiger partial charge on any atom is 0.258 e. The van der Waals surface area contributed by atoms with Gasteiger partial charge in [0.05, 0.1) is 7.11 Å². The fourth-order valence-corrected chi connectivity index (χ4v) is 2.96. The van der Waals surface area contributed by atoms with Crippen molar-refractivity contribution < 1.29 is 14.3 Å². The third-order valence-corrected chi connectivity index (χ3v) is 4.26. The molecule has 4 nitrogen and oxygen atoms in total. The number of rotatable bonds is 5. The van der Waals surface area contributed by atoms with E-state index in [4.69, 9.17) is 9.47 Å². The molecule has 1 fully saturated rings. The Morgan fingerprint density at radius 3 is 2.70 bits per heavy atom. The molecular weight excluding hydrogens is 322 g/mol. The van der Waals surface area contributed by atoms with Gasteiger partial charge >= 0.3 is 0 Å². The molecule has 1 N–H and O–H groups in total. The first-order valence-corrected chi connectivity index (χ1v) is 7.74. The molecule has 2 rings (SSSR count). The van der Waals surface area contributed by atoms with Gasteiger partial charge < -0.3 is 14.8 Å². The molecule has 1 saturated carbocycles. The Kier molecular flexibility index (Phi) is 5.71. The summed E-state index contributed by atoms with van der Waals surface area (Å²) in [5, 5.41) is 3.03. The molecule has 20 heavy (non-hydrogen) atoms. The van der Waals surface area contributed by atoms with Gasteiger partial charge in [0, 0.05) is 6.04 Å². The predicted octanol–water partition coefficient (Wildman–Crippen LogP) is 3.29. The fraction of sp³-hybridized carbons (Fsp3) is 0.533. The van der Waals surface area contributed by atoms with Crippen molar-refractivity contribution in [2.24, 2.45) is 0 Å². The standard InChI is InChI=1S/C15H20BrNO3/c1-19-12-8-5-9-13(15(12)16)20-10-14(18)17-11-6-3-2-4-7-11/h5,8-9,11H,2-4,6-7,10H2,1H3,(H,17,18). The molecule has 0 atom stereocenters. The number of hydrogen-bond acceptors (Lipinski definition) is 3. The number of nitrogens with one attached hydrogen (secondary N) is 1. The second kappa shape index (κ2) is 7.53. The smallest absolute Gasteiger partial charge is 0.258 e. The van der Waals surface area contributed by atoms with Crippen molar-refractivity contribution in [2.45, 2.75) is 38.1 Å². The average molecular weight is 342 g/mol. The number of methoxy groups -OCH3 is 1. The van der Waals surface area contributed by atoms with Gasteiger partial charge in [0.25, 0.3) is 5.91 Å². The number of hydrogen-bond donors (Lipinski definition) is 1. The Balaban J connectivity index is 1.83. The van der Waals surface area contributed by atoms with Crippen LogP contribution in [0.1, 0.15) is 32.1 Å². The van der Waals surface area contributed by atoms with Crippen molar-refractivity contribution in [3.05, 3.63) is 22.7 Å². The second-order valence-corrected chi connectivity index (χ2v) is 5.76.